The number of rotatable bonds is 4. The lowest BCUT2D eigenvalue weighted by atomic mass is 10.2. The van der Waals surface area contributed by atoms with E-state index in [2.05, 4.69) is 5.32 Å². The van der Waals surface area contributed by atoms with Gasteiger partial charge in [-0.2, -0.15) is 0 Å². The quantitative estimate of drug-likeness (QED) is 0.896. The maximum absolute atomic E-state index is 11.5. The van der Waals surface area contributed by atoms with Crippen molar-refractivity contribution in [3.8, 4) is 11.5 Å². The van der Waals surface area contributed by atoms with Gasteiger partial charge in [0.15, 0.2) is 11.5 Å². The summed E-state index contributed by atoms with van der Waals surface area (Å²) in [5, 5.41) is 8.27. The predicted octanol–water partition coefficient (Wildman–Crippen LogP) is 1.67. The van der Waals surface area contributed by atoms with E-state index in [1.165, 1.54) is 6.07 Å². The average Bonchev–Trinajstić information content (AvgIpc) is 2.92. The molecule has 2 aromatic carbocycles. The second-order valence-electron chi connectivity index (χ2n) is 4.58. The molecule has 0 saturated heterocycles. The van der Waals surface area contributed by atoms with Crippen LogP contribution in [-0.2, 0) is 16.6 Å². The lowest BCUT2D eigenvalue weighted by Crippen LogP contribution is -2.15. The zero-order chi connectivity index (χ0) is 14.9. The van der Waals surface area contributed by atoms with Crippen molar-refractivity contribution in [1.29, 1.82) is 0 Å². The molecule has 0 fully saturated rings. The fourth-order valence-corrected chi connectivity index (χ4v) is 2.82. The molecule has 0 aliphatic carbocycles. The monoisotopic (exact) mass is 306 g/mol. The number of nitrogens with one attached hydrogen (secondary N) is 1. The molecule has 0 bridgehead atoms. The Morgan fingerprint density at radius 2 is 1.86 bits per heavy atom. The minimum Gasteiger partial charge on any atom is -0.454 e. The molecule has 1 heterocycles. The fraction of sp³-hybridized carbons (Fsp3) is 0.143. The van der Waals surface area contributed by atoms with Gasteiger partial charge in [0.2, 0.25) is 16.8 Å². The van der Waals surface area contributed by atoms with E-state index >= 15 is 0 Å². The third-order valence-corrected chi connectivity index (χ3v) is 4.08. The van der Waals surface area contributed by atoms with Gasteiger partial charge in [0.1, 0.15) is 4.90 Å². The van der Waals surface area contributed by atoms with Crippen LogP contribution in [0, 0.1) is 0 Å². The van der Waals surface area contributed by atoms with Gasteiger partial charge in [-0.15, -0.1) is 0 Å². The molecular weight excluding hydrogens is 292 g/mol. The van der Waals surface area contributed by atoms with Gasteiger partial charge in [-0.1, -0.05) is 18.2 Å². The number of hydrogen-bond donors (Lipinski definition) is 2. The molecule has 0 radical (unpaired) electrons. The summed E-state index contributed by atoms with van der Waals surface area (Å²) in [6, 6.07) is 12.1. The van der Waals surface area contributed by atoms with Gasteiger partial charge in [-0.25, -0.2) is 13.6 Å². The Morgan fingerprint density at radius 3 is 2.67 bits per heavy atom. The van der Waals surface area contributed by atoms with E-state index in [0.29, 0.717) is 23.7 Å². The van der Waals surface area contributed by atoms with Gasteiger partial charge in [-0.3, -0.25) is 0 Å². The number of ether oxygens (including phenoxy) is 2. The van der Waals surface area contributed by atoms with Crippen molar-refractivity contribution in [2.24, 2.45) is 5.14 Å². The van der Waals surface area contributed by atoms with Crippen LogP contribution in [0.5, 0.6) is 11.5 Å². The zero-order valence-corrected chi connectivity index (χ0v) is 11.9. The van der Waals surface area contributed by atoms with Crippen LogP contribution in [0.3, 0.4) is 0 Å². The van der Waals surface area contributed by atoms with Crippen LogP contribution in [0.1, 0.15) is 5.56 Å². The van der Waals surface area contributed by atoms with Gasteiger partial charge in [-0.05, 0) is 29.8 Å². The lowest BCUT2D eigenvalue weighted by Gasteiger charge is -2.11. The van der Waals surface area contributed by atoms with Crippen molar-refractivity contribution >= 4 is 15.7 Å². The summed E-state index contributed by atoms with van der Waals surface area (Å²) in [7, 11) is -3.75. The Balaban J connectivity index is 1.80. The number of benzene rings is 2. The molecule has 6 nitrogen and oxygen atoms in total. The van der Waals surface area contributed by atoms with Crippen LogP contribution in [0.15, 0.2) is 47.4 Å². The Bertz CT molecular complexity index is 774. The number of nitrogens with two attached hydrogens (primary N) is 1. The van der Waals surface area contributed by atoms with Crippen LogP contribution in [0.25, 0.3) is 0 Å². The molecule has 1 aliphatic heterocycles. The van der Waals surface area contributed by atoms with Crippen LogP contribution in [0.4, 0.5) is 5.69 Å². The highest BCUT2D eigenvalue weighted by molar-refractivity contribution is 7.89. The molecule has 3 N–H and O–H groups in total. The van der Waals surface area contributed by atoms with Crippen molar-refractivity contribution in [2.45, 2.75) is 11.4 Å². The maximum atomic E-state index is 11.5. The van der Waals surface area contributed by atoms with E-state index in [9.17, 15) is 8.42 Å². The number of hydrogen-bond acceptors (Lipinski definition) is 5. The first-order valence-electron chi connectivity index (χ1n) is 6.28. The Labute approximate surface area is 122 Å². The van der Waals surface area contributed by atoms with E-state index in [1.807, 2.05) is 18.2 Å². The SMILES string of the molecule is NS(=O)(=O)c1ccccc1NCc1ccc2c(c1)OCO2. The average molecular weight is 306 g/mol. The number of primary sulfonamides is 1. The molecule has 1 aliphatic rings. The van der Waals surface area contributed by atoms with Crippen LogP contribution in [0.2, 0.25) is 0 Å². The molecule has 3 rings (SSSR count). The molecule has 0 unspecified atom stereocenters. The summed E-state index contributed by atoms with van der Waals surface area (Å²) in [6.07, 6.45) is 0. The van der Waals surface area contributed by atoms with Crippen molar-refractivity contribution in [3.63, 3.8) is 0 Å². The second-order valence-corrected chi connectivity index (χ2v) is 6.11. The molecule has 21 heavy (non-hydrogen) atoms. The number of fused-ring (bicyclic) bond motifs is 1. The van der Waals surface area contributed by atoms with E-state index in [0.717, 1.165) is 5.56 Å². The first-order chi connectivity index (χ1) is 10.0. The standard InChI is InChI=1S/C14H14N2O4S/c15-21(17,18)14-4-2-1-3-11(14)16-8-10-5-6-12-13(7-10)20-9-19-12/h1-7,16H,8-9H2,(H2,15,17,18). The van der Waals surface area contributed by atoms with Crippen LogP contribution < -0.4 is 19.9 Å². The smallest absolute Gasteiger partial charge is 0.240 e. The second kappa shape index (κ2) is 5.27. The minimum absolute atomic E-state index is 0.0748. The van der Waals surface area contributed by atoms with Gasteiger partial charge < -0.3 is 14.8 Å². The zero-order valence-electron chi connectivity index (χ0n) is 11.1. The van der Waals surface area contributed by atoms with Crippen molar-refractivity contribution in [3.05, 3.63) is 48.0 Å². The molecule has 0 amide bonds. The minimum atomic E-state index is -3.75. The number of para-hydroxylation sites is 1. The van der Waals surface area contributed by atoms with Gasteiger partial charge >= 0.3 is 0 Å². The summed E-state index contributed by atoms with van der Waals surface area (Å²) in [5.41, 5.74) is 1.42. The van der Waals surface area contributed by atoms with Crippen LogP contribution in [-0.4, -0.2) is 15.2 Å². The van der Waals surface area contributed by atoms with E-state index in [-0.39, 0.29) is 11.7 Å². The molecule has 2 aromatic rings. The largest absolute Gasteiger partial charge is 0.454 e. The first kappa shape index (κ1) is 13.7. The Hall–Kier alpha value is -2.25. The fourth-order valence-electron chi connectivity index (χ4n) is 2.11. The summed E-state index contributed by atoms with van der Waals surface area (Å²) in [6.45, 7) is 0.670. The van der Waals surface area contributed by atoms with Gasteiger partial charge in [0.25, 0.3) is 0 Å². The number of anilines is 1. The summed E-state index contributed by atoms with van der Waals surface area (Å²) in [4.78, 5) is 0.0748. The highest BCUT2D eigenvalue weighted by atomic mass is 32.2. The van der Waals surface area contributed by atoms with E-state index < -0.39 is 10.0 Å². The van der Waals surface area contributed by atoms with Gasteiger partial charge in [0.05, 0.1) is 5.69 Å². The normalized spacial score (nSPS) is 13.2. The molecule has 110 valence electrons. The highest BCUT2D eigenvalue weighted by Crippen LogP contribution is 2.32. The molecule has 7 heteroatoms. The van der Waals surface area contributed by atoms with Crippen molar-refractivity contribution in [2.75, 3.05) is 12.1 Å². The number of sulfonamides is 1. The Kier molecular flexibility index (Phi) is 3.44. The topological polar surface area (TPSA) is 90.7 Å². The summed E-state index contributed by atoms with van der Waals surface area (Å²) < 4.78 is 33.6. The lowest BCUT2D eigenvalue weighted by molar-refractivity contribution is 0.174. The van der Waals surface area contributed by atoms with Crippen molar-refractivity contribution in [1.82, 2.24) is 0 Å². The highest BCUT2D eigenvalue weighted by Gasteiger charge is 2.15. The molecule has 0 aromatic heterocycles. The molecule has 0 atom stereocenters. The molecule has 0 saturated carbocycles. The third-order valence-electron chi connectivity index (χ3n) is 3.11. The van der Waals surface area contributed by atoms with Gasteiger partial charge in [0, 0.05) is 6.54 Å². The predicted molar refractivity (Wildman–Crippen MR) is 77.7 cm³/mol. The van der Waals surface area contributed by atoms with Crippen LogP contribution >= 0.6 is 0 Å². The van der Waals surface area contributed by atoms with Crippen molar-refractivity contribution < 1.29 is 17.9 Å². The maximum Gasteiger partial charge on any atom is 0.240 e. The summed E-state index contributed by atoms with van der Waals surface area (Å²) >= 11 is 0. The molecular formula is C14H14N2O4S. The van der Waals surface area contributed by atoms with E-state index in [4.69, 9.17) is 14.6 Å². The van der Waals surface area contributed by atoms with E-state index in [1.54, 1.807) is 18.2 Å². The first-order valence-corrected chi connectivity index (χ1v) is 7.83. The Morgan fingerprint density at radius 1 is 1.10 bits per heavy atom. The third kappa shape index (κ3) is 2.93. The summed E-state index contributed by atoms with van der Waals surface area (Å²) in [5.74, 6) is 1.40. The molecule has 0 spiro atoms.